The van der Waals surface area contributed by atoms with E-state index in [2.05, 4.69) is 20.6 Å². The van der Waals surface area contributed by atoms with E-state index >= 15 is 0 Å². The number of benzene rings is 1. The van der Waals surface area contributed by atoms with Crippen LogP contribution in [0.25, 0.3) is 17.0 Å². The number of hydrogen-bond donors (Lipinski definition) is 1. The molecule has 0 atom stereocenters. The van der Waals surface area contributed by atoms with Gasteiger partial charge in [-0.2, -0.15) is 4.52 Å². The zero-order chi connectivity index (χ0) is 21.0. The summed E-state index contributed by atoms with van der Waals surface area (Å²) in [5.74, 6) is 2.14. The maximum Gasteiger partial charge on any atom is 0.231 e. The third-order valence-electron chi connectivity index (χ3n) is 4.20. The van der Waals surface area contributed by atoms with Crippen molar-refractivity contribution >= 4 is 11.6 Å². The van der Waals surface area contributed by atoms with Gasteiger partial charge in [0.1, 0.15) is 6.61 Å². The Bertz CT molecular complexity index is 1010. The molecule has 9 nitrogen and oxygen atoms in total. The van der Waals surface area contributed by atoms with Gasteiger partial charge in [0.05, 0.1) is 20.8 Å². The van der Waals surface area contributed by atoms with E-state index in [0.29, 0.717) is 42.0 Å². The minimum Gasteiger partial charge on any atom is -0.493 e. The zero-order valence-electron chi connectivity index (χ0n) is 17.2. The summed E-state index contributed by atoms with van der Waals surface area (Å²) in [6.45, 7) is 6.27. The van der Waals surface area contributed by atoms with E-state index < -0.39 is 5.41 Å². The van der Waals surface area contributed by atoms with Crippen LogP contribution in [0.1, 0.15) is 20.8 Å². The smallest absolute Gasteiger partial charge is 0.231 e. The second-order valence-corrected chi connectivity index (χ2v) is 7.39. The molecule has 0 bridgehead atoms. The normalized spacial score (nSPS) is 11.3. The van der Waals surface area contributed by atoms with Crippen molar-refractivity contribution in [3.63, 3.8) is 0 Å². The molecule has 2 heterocycles. The highest BCUT2D eigenvalue weighted by Gasteiger charge is 2.20. The van der Waals surface area contributed by atoms with Crippen molar-refractivity contribution in [2.45, 2.75) is 20.8 Å². The third kappa shape index (κ3) is 4.56. The van der Waals surface area contributed by atoms with Crippen molar-refractivity contribution in [2.75, 3.05) is 27.4 Å². The molecule has 1 N–H and O–H groups in total. The molecule has 1 amide bonds. The minimum absolute atomic E-state index is 0.0286. The summed E-state index contributed by atoms with van der Waals surface area (Å²) in [6, 6.07) is 8.95. The lowest BCUT2D eigenvalue weighted by Crippen LogP contribution is -2.37. The Morgan fingerprint density at radius 2 is 1.83 bits per heavy atom. The number of amides is 1. The SMILES string of the molecule is COc1ccc(-c2nnc3ccc(OCCNC(=O)C(C)(C)C)nn23)cc1OC. The predicted octanol–water partition coefficient (Wildman–Crippen LogP) is 2.35. The molecule has 0 aliphatic carbocycles. The number of ether oxygens (including phenoxy) is 3. The topological polar surface area (TPSA) is 99.9 Å². The second-order valence-electron chi connectivity index (χ2n) is 7.39. The Kier molecular flexibility index (Phi) is 5.86. The molecule has 0 radical (unpaired) electrons. The van der Waals surface area contributed by atoms with Crippen molar-refractivity contribution in [1.29, 1.82) is 0 Å². The average molecular weight is 399 g/mol. The van der Waals surface area contributed by atoms with Gasteiger partial charge in [-0.1, -0.05) is 20.8 Å². The molecule has 0 unspecified atom stereocenters. The number of nitrogens with one attached hydrogen (secondary N) is 1. The van der Waals surface area contributed by atoms with Crippen LogP contribution in [-0.2, 0) is 4.79 Å². The first-order valence-corrected chi connectivity index (χ1v) is 9.19. The van der Waals surface area contributed by atoms with Crippen molar-refractivity contribution in [3.8, 4) is 28.8 Å². The summed E-state index contributed by atoms with van der Waals surface area (Å²) in [5, 5.41) is 15.7. The van der Waals surface area contributed by atoms with E-state index in [4.69, 9.17) is 14.2 Å². The van der Waals surface area contributed by atoms with Crippen molar-refractivity contribution in [1.82, 2.24) is 25.1 Å². The lowest BCUT2D eigenvalue weighted by atomic mass is 9.96. The van der Waals surface area contributed by atoms with E-state index in [-0.39, 0.29) is 5.91 Å². The van der Waals surface area contributed by atoms with Crippen LogP contribution < -0.4 is 19.5 Å². The van der Waals surface area contributed by atoms with Crippen molar-refractivity contribution < 1.29 is 19.0 Å². The fourth-order valence-corrected chi connectivity index (χ4v) is 2.59. The Morgan fingerprint density at radius 1 is 1.07 bits per heavy atom. The molecule has 0 saturated carbocycles. The number of fused-ring (bicyclic) bond motifs is 1. The van der Waals surface area contributed by atoms with Gasteiger partial charge >= 0.3 is 0 Å². The van der Waals surface area contributed by atoms with Gasteiger partial charge in [-0.3, -0.25) is 4.79 Å². The number of carbonyl (C=O) groups is 1. The van der Waals surface area contributed by atoms with Gasteiger partial charge < -0.3 is 19.5 Å². The maximum absolute atomic E-state index is 11.9. The Labute approximate surface area is 169 Å². The van der Waals surface area contributed by atoms with E-state index in [1.807, 2.05) is 32.9 Å². The Balaban J connectivity index is 1.76. The monoisotopic (exact) mass is 399 g/mol. The maximum atomic E-state index is 11.9. The summed E-state index contributed by atoms with van der Waals surface area (Å²) in [4.78, 5) is 11.9. The van der Waals surface area contributed by atoms with Crippen LogP contribution in [0.2, 0.25) is 0 Å². The summed E-state index contributed by atoms with van der Waals surface area (Å²) in [7, 11) is 3.16. The van der Waals surface area contributed by atoms with Gasteiger partial charge in [0.15, 0.2) is 23.0 Å². The highest BCUT2D eigenvalue weighted by Crippen LogP contribution is 2.31. The Hall–Kier alpha value is -3.36. The van der Waals surface area contributed by atoms with E-state index in [9.17, 15) is 4.79 Å². The molecule has 9 heteroatoms. The van der Waals surface area contributed by atoms with E-state index in [1.54, 1.807) is 36.9 Å². The molecule has 2 aromatic heterocycles. The fourth-order valence-electron chi connectivity index (χ4n) is 2.59. The number of nitrogens with zero attached hydrogens (tertiary/aromatic N) is 4. The number of aromatic nitrogens is 4. The Morgan fingerprint density at radius 3 is 2.52 bits per heavy atom. The molecule has 154 valence electrons. The molecule has 0 aliphatic heterocycles. The summed E-state index contributed by atoms with van der Waals surface area (Å²) in [5.41, 5.74) is 0.925. The lowest BCUT2D eigenvalue weighted by molar-refractivity contribution is -0.128. The molecule has 0 spiro atoms. The van der Waals surface area contributed by atoms with Crippen LogP contribution >= 0.6 is 0 Å². The van der Waals surface area contributed by atoms with Crippen molar-refractivity contribution in [2.24, 2.45) is 5.41 Å². The van der Waals surface area contributed by atoms with Crippen LogP contribution in [-0.4, -0.2) is 53.1 Å². The number of hydrogen-bond acceptors (Lipinski definition) is 7. The van der Waals surface area contributed by atoms with Crippen LogP contribution in [0.3, 0.4) is 0 Å². The van der Waals surface area contributed by atoms with Gasteiger partial charge in [-0.15, -0.1) is 15.3 Å². The highest BCUT2D eigenvalue weighted by atomic mass is 16.5. The molecule has 0 fully saturated rings. The highest BCUT2D eigenvalue weighted by molar-refractivity contribution is 5.81. The number of methoxy groups -OCH3 is 2. The number of rotatable bonds is 7. The largest absolute Gasteiger partial charge is 0.493 e. The predicted molar refractivity (Wildman–Crippen MR) is 107 cm³/mol. The van der Waals surface area contributed by atoms with E-state index in [1.165, 1.54) is 0 Å². The molecule has 0 aliphatic rings. The van der Waals surface area contributed by atoms with Gasteiger partial charge in [-0.25, -0.2) is 0 Å². The van der Waals surface area contributed by atoms with Gasteiger partial charge in [-0.05, 0) is 24.3 Å². The standard InChI is InChI=1S/C20H25N5O4/c1-20(2,3)19(26)21-10-11-29-17-9-8-16-22-23-18(25(16)24-17)13-6-7-14(27-4)15(12-13)28-5/h6-9,12H,10-11H2,1-5H3,(H,21,26). The molecule has 0 saturated heterocycles. The van der Waals surface area contributed by atoms with Gasteiger partial charge in [0.25, 0.3) is 0 Å². The molecule has 3 rings (SSSR count). The lowest BCUT2D eigenvalue weighted by Gasteiger charge is -2.17. The van der Waals surface area contributed by atoms with Crippen LogP contribution in [0.4, 0.5) is 0 Å². The quantitative estimate of drug-likeness (QED) is 0.609. The summed E-state index contributed by atoms with van der Waals surface area (Å²) in [6.07, 6.45) is 0. The van der Waals surface area contributed by atoms with E-state index in [0.717, 1.165) is 5.56 Å². The molecule has 3 aromatic rings. The summed E-state index contributed by atoms with van der Waals surface area (Å²) >= 11 is 0. The zero-order valence-corrected chi connectivity index (χ0v) is 17.2. The van der Waals surface area contributed by atoms with Crippen LogP contribution in [0, 0.1) is 5.41 Å². The number of carbonyl (C=O) groups excluding carboxylic acids is 1. The first kappa shape index (κ1) is 20.4. The molecule has 1 aromatic carbocycles. The van der Waals surface area contributed by atoms with Crippen LogP contribution in [0.15, 0.2) is 30.3 Å². The minimum atomic E-state index is -0.437. The summed E-state index contributed by atoms with van der Waals surface area (Å²) < 4.78 is 17.9. The molecular weight excluding hydrogens is 374 g/mol. The van der Waals surface area contributed by atoms with Crippen molar-refractivity contribution in [3.05, 3.63) is 30.3 Å². The molecule has 29 heavy (non-hydrogen) atoms. The first-order chi connectivity index (χ1) is 13.8. The fraction of sp³-hybridized carbons (Fsp3) is 0.400. The first-order valence-electron chi connectivity index (χ1n) is 9.19. The average Bonchev–Trinajstić information content (AvgIpc) is 3.13. The van der Waals surface area contributed by atoms with Gasteiger partial charge in [0.2, 0.25) is 11.8 Å². The third-order valence-corrected chi connectivity index (χ3v) is 4.20. The molecular formula is C20H25N5O4. The van der Waals surface area contributed by atoms with Gasteiger partial charge in [0, 0.05) is 17.0 Å². The van der Waals surface area contributed by atoms with Crippen LogP contribution in [0.5, 0.6) is 17.4 Å². The second kappa shape index (κ2) is 8.34.